The van der Waals surface area contributed by atoms with Gasteiger partial charge in [-0.1, -0.05) is 0 Å². The number of aryl methyl sites for hydroxylation is 1. The number of rotatable bonds is 11. The van der Waals surface area contributed by atoms with Gasteiger partial charge in [0, 0.05) is 42.7 Å². The highest BCUT2D eigenvalue weighted by Gasteiger charge is 2.10. The zero-order valence-electron chi connectivity index (χ0n) is 17.1. The van der Waals surface area contributed by atoms with Crippen molar-refractivity contribution in [2.75, 3.05) is 32.6 Å². The number of aromatic nitrogens is 1. The molecule has 1 amide bonds. The predicted octanol–water partition coefficient (Wildman–Crippen LogP) is 2.52. The smallest absolute Gasteiger partial charge is 0.244 e. The third-order valence-corrected chi connectivity index (χ3v) is 4.23. The van der Waals surface area contributed by atoms with Crippen LogP contribution < -0.4 is 31.4 Å². The van der Waals surface area contributed by atoms with Crippen molar-refractivity contribution < 1.29 is 14.3 Å². The molecule has 2 rings (SSSR count). The van der Waals surface area contributed by atoms with E-state index in [0.29, 0.717) is 23.9 Å². The first-order valence-electron chi connectivity index (χ1n) is 9.43. The van der Waals surface area contributed by atoms with Gasteiger partial charge in [0.15, 0.2) is 11.5 Å². The molecule has 0 radical (unpaired) electrons. The molecule has 156 valence electrons. The van der Waals surface area contributed by atoms with Gasteiger partial charge in [0.1, 0.15) is 5.82 Å². The predicted molar refractivity (Wildman–Crippen MR) is 115 cm³/mol. The lowest BCUT2D eigenvalue weighted by atomic mass is 10.1. The number of benzene rings is 1. The van der Waals surface area contributed by atoms with E-state index in [1.54, 1.807) is 26.5 Å². The number of ether oxygens (including phenoxy) is 2. The highest BCUT2D eigenvalue weighted by Crippen LogP contribution is 2.35. The Hall–Kier alpha value is -3.10. The first kappa shape index (κ1) is 22.2. The molecule has 1 aromatic heterocycles. The number of carbonyl (C=O) groups is 1. The van der Waals surface area contributed by atoms with Crippen LogP contribution in [0.5, 0.6) is 11.5 Å². The Balaban J connectivity index is 2.07. The van der Waals surface area contributed by atoms with Crippen LogP contribution in [-0.4, -0.2) is 38.2 Å². The quantitative estimate of drug-likeness (QED) is 0.199. The number of hydrogen-bond acceptors (Lipinski definition) is 7. The van der Waals surface area contributed by atoms with Crippen molar-refractivity contribution in [3.8, 4) is 11.5 Å². The second-order valence-electron chi connectivity index (χ2n) is 6.38. The maximum Gasteiger partial charge on any atom is 0.244 e. The summed E-state index contributed by atoms with van der Waals surface area (Å²) in [6, 6.07) is 7.51. The molecule has 1 aromatic carbocycles. The molecule has 0 aliphatic rings. The van der Waals surface area contributed by atoms with Gasteiger partial charge in [0.05, 0.1) is 14.2 Å². The van der Waals surface area contributed by atoms with Crippen molar-refractivity contribution in [3.63, 3.8) is 0 Å². The van der Waals surface area contributed by atoms with Gasteiger partial charge in [-0.25, -0.2) is 4.98 Å². The molecule has 29 heavy (non-hydrogen) atoms. The van der Waals surface area contributed by atoms with E-state index in [2.05, 4.69) is 21.0 Å². The Morgan fingerprint density at radius 1 is 1.21 bits per heavy atom. The van der Waals surface area contributed by atoms with Crippen molar-refractivity contribution >= 4 is 23.5 Å². The molecule has 0 aliphatic heterocycles. The summed E-state index contributed by atoms with van der Waals surface area (Å²) >= 11 is 0. The van der Waals surface area contributed by atoms with Crippen LogP contribution >= 0.6 is 0 Å². The number of methoxy groups -OCH3 is 2. The molecule has 8 heteroatoms. The molecule has 2 aromatic rings. The van der Waals surface area contributed by atoms with E-state index in [4.69, 9.17) is 15.3 Å². The van der Waals surface area contributed by atoms with Gasteiger partial charge in [-0.15, -0.1) is 0 Å². The van der Waals surface area contributed by atoms with Gasteiger partial charge >= 0.3 is 0 Å². The van der Waals surface area contributed by atoms with Crippen LogP contribution in [0.3, 0.4) is 0 Å². The lowest BCUT2D eigenvalue weighted by molar-refractivity contribution is -0.116. The van der Waals surface area contributed by atoms with Crippen molar-refractivity contribution in [3.05, 3.63) is 47.7 Å². The molecule has 1 heterocycles. The molecule has 0 spiro atoms. The number of amides is 1. The standard InChI is InChI=1S/C21H29N5O3/c1-15-13-17(14-18(28-2)20(15)29-3)26-21-16(7-6-11-24-21)8-9-19(27)23-10-4-5-12-25-22/h6-9,11,13-14,25H,4-5,10,12,22H2,1-3H3,(H,23,27)(H,24,26)/b9-8+. The number of nitrogens with zero attached hydrogens (tertiary/aromatic N) is 1. The van der Waals surface area contributed by atoms with Crippen LogP contribution in [0.25, 0.3) is 6.08 Å². The largest absolute Gasteiger partial charge is 0.493 e. The Morgan fingerprint density at radius 2 is 2.00 bits per heavy atom. The summed E-state index contributed by atoms with van der Waals surface area (Å²) < 4.78 is 10.8. The van der Waals surface area contributed by atoms with Crippen LogP contribution in [0.4, 0.5) is 11.5 Å². The number of hydrazine groups is 1. The highest BCUT2D eigenvalue weighted by molar-refractivity contribution is 5.92. The van der Waals surface area contributed by atoms with Crippen LogP contribution in [0, 0.1) is 6.92 Å². The van der Waals surface area contributed by atoms with Crippen molar-refractivity contribution in [2.24, 2.45) is 5.84 Å². The molecule has 0 saturated carbocycles. The van der Waals surface area contributed by atoms with Gasteiger partial charge in [-0.05, 0) is 49.6 Å². The monoisotopic (exact) mass is 399 g/mol. The summed E-state index contributed by atoms with van der Waals surface area (Å²) in [5, 5.41) is 6.13. The molecule has 8 nitrogen and oxygen atoms in total. The third kappa shape index (κ3) is 6.78. The normalized spacial score (nSPS) is 10.8. The van der Waals surface area contributed by atoms with E-state index in [-0.39, 0.29) is 5.91 Å². The topological polar surface area (TPSA) is 111 Å². The minimum atomic E-state index is -0.150. The number of hydrogen-bond donors (Lipinski definition) is 4. The Bertz CT molecular complexity index is 839. The Labute approximate surface area is 171 Å². The van der Waals surface area contributed by atoms with Crippen LogP contribution in [0.1, 0.15) is 24.0 Å². The second-order valence-corrected chi connectivity index (χ2v) is 6.38. The molecule has 0 aliphatic carbocycles. The van der Waals surface area contributed by atoms with Gasteiger partial charge in [0.25, 0.3) is 0 Å². The number of carbonyl (C=O) groups excluding carboxylic acids is 1. The zero-order chi connectivity index (χ0) is 21.1. The fraction of sp³-hybridized carbons (Fsp3) is 0.333. The van der Waals surface area contributed by atoms with Gasteiger partial charge in [-0.3, -0.25) is 16.1 Å². The number of anilines is 2. The number of nitrogens with two attached hydrogens (primary N) is 1. The first-order valence-corrected chi connectivity index (χ1v) is 9.43. The van der Waals surface area contributed by atoms with Gasteiger partial charge < -0.3 is 20.1 Å². The molecule has 0 fully saturated rings. The number of pyridine rings is 1. The molecule has 5 N–H and O–H groups in total. The Morgan fingerprint density at radius 3 is 2.72 bits per heavy atom. The molecule has 0 saturated heterocycles. The fourth-order valence-corrected chi connectivity index (χ4v) is 2.81. The summed E-state index contributed by atoms with van der Waals surface area (Å²) in [6.07, 6.45) is 6.70. The molecule has 0 unspecified atom stereocenters. The van der Waals surface area contributed by atoms with Crippen LogP contribution in [-0.2, 0) is 4.79 Å². The zero-order valence-corrected chi connectivity index (χ0v) is 17.1. The third-order valence-electron chi connectivity index (χ3n) is 4.23. The molecule has 0 bridgehead atoms. The minimum absolute atomic E-state index is 0.150. The average molecular weight is 399 g/mol. The fourth-order valence-electron chi connectivity index (χ4n) is 2.81. The van der Waals surface area contributed by atoms with Gasteiger partial charge in [-0.2, -0.15) is 0 Å². The van der Waals surface area contributed by atoms with Crippen LogP contribution in [0.15, 0.2) is 36.5 Å². The molecular weight excluding hydrogens is 370 g/mol. The van der Waals surface area contributed by atoms with E-state index in [1.807, 2.05) is 31.2 Å². The lowest BCUT2D eigenvalue weighted by Gasteiger charge is -2.14. The maximum absolute atomic E-state index is 12.0. The van der Waals surface area contributed by atoms with Gasteiger partial charge in [0.2, 0.25) is 5.91 Å². The minimum Gasteiger partial charge on any atom is -0.493 e. The molecular formula is C21H29N5O3. The summed E-state index contributed by atoms with van der Waals surface area (Å²) in [6.45, 7) is 3.28. The number of unbranched alkanes of at least 4 members (excludes halogenated alkanes) is 1. The van der Waals surface area contributed by atoms with E-state index >= 15 is 0 Å². The highest BCUT2D eigenvalue weighted by atomic mass is 16.5. The summed E-state index contributed by atoms with van der Waals surface area (Å²) in [7, 11) is 3.21. The van der Waals surface area contributed by atoms with Crippen molar-refractivity contribution in [1.29, 1.82) is 0 Å². The number of nitrogens with one attached hydrogen (secondary N) is 3. The lowest BCUT2D eigenvalue weighted by Crippen LogP contribution is -2.25. The second kappa shape index (κ2) is 11.7. The van der Waals surface area contributed by atoms with E-state index < -0.39 is 0 Å². The van der Waals surface area contributed by atoms with E-state index in [0.717, 1.165) is 36.2 Å². The molecule has 0 atom stereocenters. The SMILES string of the molecule is COc1cc(Nc2ncccc2/C=C/C(=O)NCCCCNN)cc(C)c1OC. The summed E-state index contributed by atoms with van der Waals surface area (Å²) in [4.78, 5) is 16.4. The maximum atomic E-state index is 12.0. The van der Waals surface area contributed by atoms with Crippen LogP contribution in [0.2, 0.25) is 0 Å². The summed E-state index contributed by atoms with van der Waals surface area (Å²) in [5.74, 6) is 7.03. The average Bonchev–Trinajstić information content (AvgIpc) is 2.72. The van der Waals surface area contributed by atoms with E-state index in [9.17, 15) is 4.79 Å². The first-order chi connectivity index (χ1) is 14.1. The van der Waals surface area contributed by atoms with Crippen molar-refractivity contribution in [1.82, 2.24) is 15.7 Å². The summed E-state index contributed by atoms with van der Waals surface area (Å²) in [5.41, 5.74) is 5.13. The Kier molecular flexibility index (Phi) is 8.94. The van der Waals surface area contributed by atoms with Crippen molar-refractivity contribution in [2.45, 2.75) is 19.8 Å². The van der Waals surface area contributed by atoms with E-state index in [1.165, 1.54) is 6.08 Å².